The lowest BCUT2D eigenvalue weighted by Crippen LogP contribution is -2.09. The van der Waals surface area contributed by atoms with Crippen LogP contribution in [0, 0.1) is 23.7 Å². The lowest BCUT2D eigenvalue weighted by atomic mass is 10.1. The molecular formula is C11H7F3N2. The summed E-state index contributed by atoms with van der Waals surface area (Å²) in [6.07, 6.45) is 0.426. The van der Waals surface area contributed by atoms with Crippen molar-refractivity contribution in [2.75, 3.05) is 11.9 Å². The number of benzene rings is 1. The zero-order chi connectivity index (χ0) is 12.2. The number of hydrogen-bond acceptors (Lipinski definition) is 2. The van der Waals surface area contributed by atoms with E-state index < -0.39 is 17.3 Å². The summed E-state index contributed by atoms with van der Waals surface area (Å²) in [5.41, 5.74) is -1.12. The maximum Gasteiger partial charge on any atom is 0.417 e. The SMILES string of the molecule is C#CCNc1ccc(C#N)c(C(F)(F)F)c1. The van der Waals surface area contributed by atoms with Crippen molar-refractivity contribution in [3.8, 4) is 18.4 Å². The number of hydrogen-bond donors (Lipinski definition) is 1. The van der Waals surface area contributed by atoms with Crippen LogP contribution in [0.1, 0.15) is 11.1 Å². The molecule has 0 bridgehead atoms. The molecule has 0 unspecified atom stereocenters. The van der Waals surface area contributed by atoms with Gasteiger partial charge in [-0.2, -0.15) is 18.4 Å². The maximum atomic E-state index is 12.5. The summed E-state index contributed by atoms with van der Waals surface area (Å²) in [5.74, 6) is 2.25. The molecule has 0 aliphatic carbocycles. The number of alkyl halides is 3. The fraction of sp³-hybridized carbons (Fsp3) is 0.182. The van der Waals surface area contributed by atoms with Crippen LogP contribution in [0.4, 0.5) is 18.9 Å². The van der Waals surface area contributed by atoms with Gasteiger partial charge in [0.05, 0.1) is 23.7 Å². The molecule has 1 N–H and O–H groups in total. The average molecular weight is 224 g/mol. The van der Waals surface area contributed by atoms with Gasteiger partial charge in [0.2, 0.25) is 0 Å². The number of nitriles is 1. The Kier molecular flexibility index (Phi) is 3.42. The Morgan fingerprint density at radius 3 is 2.56 bits per heavy atom. The van der Waals surface area contributed by atoms with Gasteiger partial charge in [-0.1, -0.05) is 5.92 Å². The number of terminal acetylenes is 1. The first-order valence-electron chi connectivity index (χ1n) is 4.27. The molecule has 0 saturated carbocycles. The van der Waals surface area contributed by atoms with Crippen LogP contribution in [0.15, 0.2) is 18.2 Å². The molecule has 0 atom stereocenters. The highest BCUT2D eigenvalue weighted by atomic mass is 19.4. The van der Waals surface area contributed by atoms with E-state index in [1.165, 1.54) is 12.1 Å². The molecule has 1 rings (SSSR count). The fourth-order valence-corrected chi connectivity index (χ4v) is 1.14. The standard InChI is InChI=1S/C11H7F3N2/c1-2-5-16-9-4-3-8(7-15)10(6-9)11(12,13)14/h1,3-4,6,16H,5H2. The summed E-state index contributed by atoms with van der Waals surface area (Å²) >= 11 is 0. The lowest BCUT2D eigenvalue weighted by molar-refractivity contribution is -0.137. The molecule has 16 heavy (non-hydrogen) atoms. The van der Waals surface area contributed by atoms with Crippen molar-refractivity contribution in [3.05, 3.63) is 29.3 Å². The Labute approximate surface area is 90.7 Å². The Balaban J connectivity index is 3.14. The summed E-state index contributed by atoms with van der Waals surface area (Å²) in [5, 5.41) is 11.2. The Morgan fingerprint density at radius 2 is 2.06 bits per heavy atom. The largest absolute Gasteiger partial charge is 0.417 e. The zero-order valence-electron chi connectivity index (χ0n) is 8.10. The molecule has 0 aliphatic rings. The minimum absolute atomic E-state index is 0.128. The van der Waals surface area contributed by atoms with E-state index in [9.17, 15) is 13.2 Å². The predicted molar refractivity (Wildman–Crippen MR) is 53.5 cm³/mol. The Morgan fingerprint density at radius 1 is 1.38 bits per heavy atom. The van der Waals surface area contributed by atoms with Crippen molar-refractivity contribution >= 4 is 5.69 Å². The van der Waals surface area contributed by atoms with Crippen LogP contribution in [0.5, 0.6) is 0 Å². The summed E-state index contributed by atoms with van der Waals surface area (Å²) in [4.78, 5) is 0. The van der Waals surface area contributed by atoms with Gasteiger partial charge < -0.3 is 5.32 Å². The third kappa shape index (κ3) is 2.68. The smallest absolute Gasteiger partial charge is 0.374 e. The van der Waals surface area contributed by atoms with Crippen molar-refractivity contribution in [2.24, 2.45) is 0 Å². The first-order valence-corrected chi connectivity index (χ1v) is 4.27. The van der Waals surface area contributed by atoms with Gasteiger partial charge >= 0.3 is 6.18 Å². The van der Waals surface area contributed by atoms with E-state index in [2.05, 4.69) is 11.2 Å². The van der Waals surface area contributed by atoms with Crippen molar-refractivity contribution in [3.63, 3.8) is 0 Å². The van der Waals surface area contributed by atoms with E-state index in [-0.39, 0.29) is 12.2 Å². The number of nitrogens with one attached hydrogen (secondary N) is 1. The number of nitrogens with zero attached hydrogens (tertiary/aromatic N) is 1. The van der Waals surface area contributed by atoms with Gasteiger partial charge in [-0.15, -0.1) is 6.42 Å². The second kappa shape index (κ2) is 4.59. The minimum atomic E-state index is -4.54. The second-order valence-corrected chi connectivity index (χ2v) is 2.93. The highest BCUT2D eigenvalue weighted by Gasteiger charge is 2.33. The Hall–Kier alpha value is -2.14. The van der Waals surface area contributed by atoms with Gasteiger partial charge in [-0.05, 0) is 18.2 Å². The van der Waals surface area contributed by atoms with Crippen molar-refractivity contribution < 1.29 is 13.2 Å². The zero-order valence-corrected chi connectivity index (χ0v) is 8.10. The van der Waals surface area contributed by atoms with Gasteiger partial charge in [0.15, 0.2) is 0 Å². The van der Waals surface area contributed by atoms with Crippen LogP contribution in [0.25, 0.3) is 0 Å². The van der Waals surface area contributed by atoms with Gasteiger partial charge in [-0.25, -0.2) is 0 Å². The van der Waals surface area contributed by atoms with Gasteiger partial charge in [-0.3, -0.25) is 0 Å². The maximum absolute atomic E-state index is 12.5. The molecule has 0 aliphatic heterocycles. The van der Waals surface area contributed by atoms with E-state index in [4.69, 9.17) is 11.7 Å². The fourth-order valence-electron chi connectivity index (χ4n) is 1.14. The molecule has 1 aromatic carbocycles. The van der Waals surface area contributed by atoms with Crippen LogP contribution < -0.4 is 5.32 Å². The molecule has 0 spiro atoms. The average Bonchev–Trinajstić information content (AvgIpc) is 2.24. The number of anilines is 1. The summed E-state index contributed by atoms with van der Waals surface area (Å²) in [7, 11) is 0. The van der Waals surface area contributed by atoms with Gasteiger partial charge in [0, 0.05) is 5.69 Å². The van der Waals surface area contributed by atoms with E-state index in [1.54, 1.807) is 0 Å². The van der Waals surface area contributed by atoms with E-state index in [0.717, 1.165) is 12.1 Å². The molecule has 0 amide bonds. The number of halogens is 3. The lowest BCUT2D eigenvalue weighted by Gasteiger charge is -2.11. The third-order valence-electron chi connectivity index (χ3n) is 1.84. The summed E-state index contributed by atoms with van der Waals surface area (Å²) in [6.45, 7) is 0.128. The summed E-state index contributed by atoms with van der Waals surface area (Å²) in [6, 6.07) is 4.86. The predicted octanol–water partition coefficient (Wildman–Crippen LogP) is 2.62. The Bertz CT molecular complexity index is 464. The normalized spacial score (nSPS) is 10.3. The van der Waals surface area contributed by atoms with Crippen LogP contribution >= 0.6 is 0 Å². The highest BCUT2D eigenvalue weighted by molar-refractivity contribution is 5.53. The van der Waals surface area contributed by atoms with E-state index in [0.29, 0.717) is 0 Å². The van der Waals surface area contributed by atoms with E-state index in [1.807, 2.05) is 0 Å². The van der Waals surface area contributed by atoms with Crippen molar-refractivity contribution in [1.82, 2.24) is 0 Å². The van der Waals surface area contributed by atoms with Crippen molar-refractivity contribution in [1.29, 1.82) is 5.26 Å². The monoisotopic (exact) mass is 224 g/mol. The first kappa shape index (κ1) is 11.9. The van der Waals surface area contributed by atoms with E-state index >= 15 is 0 Å². The van der Waals surface area contributed by atoms with Crippen LogP contribution in [-0.4, -0.2) is 6.54 Å². The van der Waals surface area contributed by atoms with Gasteiger partial charge in [0.25, 0.3) is 0 Å². The highest BCUT2D eigenvalue weighted by Crippen LogP contribution is 2.33. The molecule has 82 valence electrons. The summed E-state index contributed by atoms with van der Waals surface area (Å²) < 4.78 is 37.6. The molecule has 0 aromatic heterocycles. The molecule has 0 heterocycles. The van der Waals surface area contributed by atoms with Crippen molar-refractivity contribution in [2.45, 2.75) is 6.18 Å². The quantitative estimate of drug-likeness (QED) is 0.784. The van der Waals surface area contributed by atoms with Crippen LogP contribution in [-0.2, 0) is 6.18 Å². The molecule has 0 radical (unpaired) electrons. The topological polar surface area (TPSA) is 35.8 Å². The van der Waals surface area contributed by atoms with Gasteiger partial charge in [0.1, 0.15) is 0 Å². The molecule has 2 nitrogen and oxygen atoms in total. The number of rotatable bonds is 2. The molecule has 0 saturated heterocycles. The first-order chi connectivity index (χ1) is 7.49. The molecule has 0 fully saturated rings. The second-order valence-electron chi connectivity index (χ2n) is 2.93. The molecule has 1 aromatic rings. The van der Waals surface area contributed by atoms with Crippen LogP contribution in [0.3, 0.4) is 0 Å². The van der Waals surface area contributed by atoms with Crippen LogP contribution in [0.2, 0.25) is 0 Å². The molecule has 5 heteroatoms. The third-order valence-corrected chi connectivity index (χ3v) is 1.84. The minimum Gasteiger partial charge on any atom is -0.374 e. The molecular weight excluding hydrogens is 217 g/mol.